The second kappa shape index (κ2) is 9.59. The number of amides is 1. The summed E-state index contributed by atoms with van der Waals surface area (Å²) in [7, 11) is -5.90. The minimum atomic E-state index is -3.82. The standard InChI is InChI=1S/C24H25N3O6S2/c1-26(34(2,29)30)20-12-8-11-19(15-20)25-24(28)23-16-27(21-13-6-7-14-22(21)33-23)35(31,32)17-18-9-4-3-5-10-18/h3-15,23H,16-17H2,1-2H3,(H,25,28). The smallest absolute Gasteiger partial charge is 0.267 e. The van der Waals surface area contributed by atoms with Crippen LogP contribution in [-0.4, -0.2) is 48.7 Å². The fraction of sp³-hybridized carbons (Fsp3) is 0.208. The average molecular weight is 516 g/mol. The minimum Gasteiger partial charge on any atom is -0.476 e. The molecule has 0 aliphatic carbocycles. The van der Waals surface area contributed by atoms with E-state index in [0.717, 1.165) is 10.6 Å². The fourth-order valence-corrected chi connectivity index (χ4v) is 5.74. The Morgan fingerprint density at radius 2 is 1.69 bits per heavy atom. The van der Waals surface area contributed by atoms with Crippen molar-refractivity contribution in [2.45, 2.75) is 11.9 Å². The number of rotatable bonds is 7. The number of hydrogen-bond donors (Lipinski definition) is 1. The maximum atomic E-state index is 13.3. The van der Waals surface area contributed by atoms with Crippen LogP contribution in [0.4, 0.5) is 17.1 Å². The molecule has 1 aliphatic heterocycles. The first-order valence-electron chi connectivity index (χ1n) is 10.7. The lowest BCUT2D eigenvalue weighted by atomic mass is 10.2. The second-order valence-corrected chi connectivity index (χ2v) is 12.0. The van der Waals surface area contributed by atoms with Crippen molar-refractivity contribution in [1.82, 2.24) is 0 Å². The highest BCUT2D eigenvalue weighted by atomic mass is 32.2. The molecule has 1 atom stereocenters. The molecule has 11 heteroatoms. The van der Waals surface area contributed by atoms with Gasteiger partial charge in [0.25, 0.3) is 5.91 Å². The summed E-state index contributed by atoms with van der Waals surface area (Å²) in [5, 5.41) is 2.70. The predicted molar refractivity (Wildman–Crippen MR) is 136 cm³/mol. The lowest BCUT2D eigenvalue weighted by Crippen LogP contribution is -2.49. The Hall–Kier alpha value is -3.57. The molecule has 1 N–H and O–H groups in total. The largest absolute Gasteiger partial charge is 0.476 e. The summed E-state index contributed by atoms with van der Waals surface area (Å²) >= 11 is 0. The summed E-state index contributed by atoms with van der Waals surface area (Å²) in [6.07, 6.45) is -0.0394. The van der Waals surface area contributed by atoms with E-state index < -0.39 is 32.1 Å². The first-order chi connectivity index (χ1) is 16.5. The maximum absolute atomic E-state index is 13.3. The number of hydrogen-bond acceptors (Lipinski definition) is 6. The molecule has 1 aliphatic rings. The Morgan fingerprint density at radius 3 is 2.40 bits per heavy atom. The van der Waals surface area contributed by atoms with Gasteiger partial charge in [-0.05, 0) is 35.9 Å². The van der Waals surface area contributed by atoms with E-state index >= 15 is 0 Å². The maximum Gasteiger partial charge on any atom is 0.267 e. The number of carbonyl (C=O) groups is 1. The van der Waals surface area contributed by atoms with Crippen LogP contribution in [-0.2, 0) is 30.6 Å². The van der Waals surface area contributed by atoms with E-state index in [1.807, 2.05) is 6.07 Å². The molecular formula is C24H25N3O6S2. The minimum absolute atomic E-state index is 0.207. The Bertz CT molecular complexity index is 1440. The van der Waals surface area contributed by atoms with Gasteiger partial charge >= 0.3 is 0 Å². The molecule has 3 aromatic carbocycles. The number of anilines is 3. The van der Waals surface area contributed by atoms with Crippen molar-refractivity contribution in [2.24, 2.45) is 0 Å². The van der Waals surface area contributed by atoms with E-state index in [0.29, 0.717) is 22.6 Å². The highest BCUT2D eigenvalue weighted by Gasteiger charge is 2.36. The third-order valence-corrected chi connectivity index (χ3v) is 8.45. The summed E-state index contributed by atoms with van der Waals surface area (Å²) in [5.41, 5.74) is 1.71. The molecule has 1 unspecified atom stereocenters. The topological polar surface area (TPSA) is 113 Å². The van der Waals surface area contributed by atoms with Crippen LogP contribution in [0.5, 0.6) is 5.75 Å². The van der Waals surface area contributed by atoms with Gasteiger partial charge in [-0.2, -0.15) is 0 Å². The number of sulfonamides is 2. The number of fused-ring (bicyclic) bond motifs is 1. The van der Waals surface area contributed by atoms with E-state index in [4.69, 9.17) is 4.74 Å². The van der Waals surface area contributed by atoms with Crippen molar-refractivity contribution in [3.05, 3.63) is 84.4 Å². The zero-order valence-corrected chi connectivity index (χ0v) is 20.8. The van der Waals surface area contributed by atoms with Gasteiger partial charge in [0.05, 0.1) is 29.9 Å². The number of carbonyl (C=O) groups excluding carboxylic acids is 1. The molecule has 4 rings (SSSR count). The number of benzene rings is 3. The fourth-order valence-electron chi connectivity index (χ4n) is 3.66. The number of nitrogens with one attached hydrogen (secondary N) is 1. The zero-order valence-electron chi connectivity index (χ0n) is 19.2. The van der Waals surface area contributed by atoms with E-state index in [9.17, 15) is 21.6 Å². The first kappa shape index (κ1) is 24.6. The van der Waals surface area contributed by atoms with Gasteiger partial charge in [0.1, 0.15) is 5.75 Å². The summed E-state index contributed by atoms with van der Waals surface area (Å²) in [5.74, 6) is -0.504. The highest BCUT2D eigenvalue weighted by Crippen LogP contribution is 2.36. The van der Waals surface area contributed by atoms with Crippen LogP contribution in [0.2, 0.25) is 0 Å². The molecule has 0 saturated heterocycles. The van der Waals surface area contributed by atoms with Gasteiger partial charge in [-0.25, -0.2) is 16.8 Å². The summed E-state index contributed by atoms with van der Waals surface area (Å²) < 4.78 is 58.5. The van der Waals surface area contributed by atoms with Crippen LogP contribution >= 0.6 is 0 Å². The SMILES string of the molecule is CN(c1cccc(NC(=O)C2CN(S(=O)(=O)Cc3ccccc3)c3ccccc3O2)c1)S(C)(=O)=O. The normalized spacial score (nSPS) is 15.6. The summed E-state index contributed by atoms with van der Waals surface area (Å²) in [6, 6.07) is 21.8. The van der Waals surface area contributed by atoms with Gasteiger partial charge in [0, 0.05) is 12.7 Å². The third-order valence-electron chi connectivity index (χ3n) is 5.53. The zero-order chi connectivity index (χ0) is 25.2. The quantitative estimate of drug-likeness (QED) is 0.518. The third kappa shape index (κ3) is 5.57. The van der Waals surface area contributed by atoms with Crippen molar-refractivity contribution in [3.63, 3.8) is 0 Å². The van der Waals surface area contributed by atoms with Crippen LogP contribution in [0.3, 0.4) is 0 Å². The molecule has 35 heavy (non-hydrogen) atoms. The molecule has 0 bridgehead atoms. The first-order valence-corrected chi connectivity index (χ1v) is 14.2. The molecule has 184 valence electrons. The number of nitrogens with zero attached hydrogens (tertiary/aromatic N) is 2. The van der Waals surface area contributed by atoms with Crippen molar-refractivity contribution in [3.8, 4) is 5.75 Å². The highest BCUT2D eigenvalue weighted by molar-refractivity contribution is 7.92. The predicted octanol–water partition coefficient (Wildman–Crippen LogP) is 2.82. The monoisotopic (exact) mass is 515 g/mol. The van der Waals surface area contributed by atoms with Crippen LogP contribution < -0.4 is 18.7 Å². The molecule has 0 saturated carbocycles. The van der Waals surface area contributed by atoms with Crippen molar-refractivity contribution in [2.75, 3.05) is 33.8 Å². The Labute approximate surface area is 205 Å². The van der Waals surface area contributed by atoms with Gasteiger partial charge in [0.15, 0.2) is 6.10 Å². The molecule has 0 spiro atoms. The van der Waals surface area contributed by atoms with Gasteiger partial charge in [-0.1, -0.05) is 48.5 Å². The van der Waals surface area contributed by atoms with Gasteiger partial charge < -0.3 is 10.1 Å². The van der Waals surface area contributed by atoms with Crippen LogP contribution in [0.25, 0.3) is 0 Å². The van der Waals surface area contributed by atoms with Gasteiger partial charge in [0.2, 0.25) is 20.0 Å². The Kier molecular flexibility index (Phi) is 6.73. The average Bonchev–Trinajstić information content (AvgIpc) is 2.82. The van der Waals surface area contributed by atoms with Crippen molar-refractivity contribution >= 4 is 43.0 Å². The van der Waals surface area contributed by atoms with E-state index in [2.05, 4.69) is 5.32 Å². The number of ether oxygens (including phenoxy) is 1. The van der Waals surface area contributed by atoms with Crippen molar-refractivity contribution in [1.29, 1.82) is 0 Å². The van der Waals surface area contributed by atoms with E-state index in [1.165, 1.54) is 17.4 Å². The lowest BCUT2D eigenvalue weighted by Gasteiger charge is -2.34. The van der Waals surface area contributed by atoms with Gasteiger partial charge in [-0.3, -0.25) is 13.4 Å². The molecule has 1 amide bonds. The lowest BCUT2D eigenvalue weighted by molar-refractivity contribution is -0.122. The van der Waals surface area contributed by atoms with Crippen molar-refractivity contribution < 1.29 is 26.4 Å². The van der Waals surface area contributed by atoms with Crippen LogP contribution in [0.1, 0.15) is 5.56 Å². The van der Waals surface area contributed by atoms with Gasteiger partial charge in [-0.15, -0.1) is 0 Å². The molecule has 1 heterocycles. The molecule has 0 aromatic heterocycles. The molecule has 0 radical (unpaired) electrons. The Balaban J connectivity index is 1.58. The Morgan fingerprint density at radius 1 is 1.00 bits per heavy atom. The second-order valence-electron chi connectivity index (χ2n) is 8.12. The summed E-state index contributed by atoms with van der Waals surface area (Å²) in [4.78, 5) is 13.1. The van der Waals surface area contributed by atoms with Crippen LogP contribution in [0.15, 0.2) is 78.9 Å². The van der Waals surface area contributed by atoms with E-state index in [1.54, 1.807) is 66.7 Å². The molecular weight excluding hydrogens is 490 g/mol. The summed E-state index contributed by atoms with van der Waals surface area (Å²) in [6.45, 7) is -0.207. The molecule has 0 fully saturated rings. The molecule has 3 aromatic rings. The number of para-hydroxylation sites is 2. The van der Waals surface area contributed by atoms with E-state index in [-0.39, 0.29) is 18.0 Å². The molecule has 9 nitrogen and oxygen atoms in total. The van der Waals surface area contributed by atoms with Crippen LogP contribution in [0, 0.1) is 0 Å².